The highest BCUT2D eigenvalue weighted by Gasteiger charge is 2.50. The van der Waals surface area contributed by atoms with Crippen molar-refractivity contribution in [3.05, 3.63) is 30.3 Å². The number of nitrogens with zero attached hydrogens (tertiary/aromatic N) is 1. The molecule has 1 aromatic rings. The van der Waals surface area contributed by atoms with Crippen molar-refractivity contribution >= 4 is 17.6 Å². The largest absolute Gasteiger partial charge is 0.481 e. The molecule has 0 bridgehead atoms. The molecule has 0 aromatic heterocycles. The smallest absolute Gasteiger partial charge is 0.307 e. The van der Waals surface area contributed by atoms with Gasteiger partial charge in [0.05, 0.1) is 11.8 Å². The van der Waals surface area contributed by atoms with Crippen LogP contribution >= 0.6 is 0 Å². The van der Waals surface area contributed by atoms with Crippen LogP contribution in [0.4, 0.5) is 5.69 Å². The zero-order valence-corrected chi connectivity index (χ0v) is 10.7. The molecule has 100 valence electrons. The molecule has 0 saturated heterocycles. The van der Waals surface area contributed by atoms with E-state index in [9.17, 15) is 9.59 Å². The van der Waals surface area contributed by atoms with Crippen molar-refractivity contribution in [3.63, 3.8) is 0 Å². The number of hydrogen-bond acceptors (Lipinski definition) is 2. The molecule has 4 nitrogen and oxygen atoms in total. The first-order valence-corrected chi connectivity index (χ1v) is 6.76. The van der Waals surface area contributed by atoms with Gasteiger partial charge < -0.3 is 10.0 Å². The first-order valence-electron chi connectivity index (χ1n) is 6.76. The number of aliphatic carboxylic acids is 1. The molecule has 2 saturated carbocycles. The van der Waals surface area contributed by atoms with Gasteiger partial charge in [-0.15, -0.1) is 0 Å². The fraction of sp³-hybridized carbons (Fsp3) is 0.467. The van der Waals surface area contributed by atoms with Crippen LogP contribution in [0.25, 0.3) is 0 Å². The highest BCUT2D eigenvalue weighted by atomic mass is 16.4. The van der Waals surface area contributed by atoms with Crippen molar-refractivity contribution in [2.45, 2.75) is 19.3 Å². The molecule has 1 aromatic carbocycles. The molecule has 2 fully saturated rings. The summed E-state index contributed by atoms with van der Waals surface area (Å²) in [4.78, 5) is 25.1. The summed E-state index contributed by atoms with van der Waals surface area (Å²) in [6.07, 6.45) is 2.83. The van der Waals surface area contributed by atoms with Gasteiger partial charge in [-0.2, -0.15) is 0 Å². The number of carboxylic acid groups (broad SMARTS) is 1. The lowest BCUT2D eigenvalue weighted by molar-refractivity contribution is -0.140. The van der Waals surface area contributed by atoms with Crippen LogP contribution in [0.1, 0.15) is 19.3 Å². The maximum absolute atomic E-state index is 12.4. The molecule has 1 N–H and O–H groups in total. The Bertz CT molecular complexity index is 495. The van der Waals surface area contributed by atoms with Gasteiger partial charge in [-0.3, -0.25) is 9.59 Å². The van der Waals surface area contributed by atoms with Gasteiger partial charge in [0.2, 0.25) is 5.91 Å². The Labute approximate surface area is 112 Å². The zero-order valence-electron chi connectivity index (χ0n) is 10.7. The van der Waals surface area contributed by atoms with Gasteiger partial charge in [-0.25, -0.2) is 0 Å². The first-order chi connectivity index (χ1) is 9.16. The summed E-state index contributed by atoms with van der Waals surface area (Å²) in [6, 6.07) is 9.56. The summed E-state index contributed by atoms with van der Waals surface area (Å²) in [5, 5.41) is 8.95. The Morgan fingerprint density at radius 3 is 2.37 bits per heavy atom. The van der Waals surface area contributed by atoms with Crippen molar-refractivity contribution < 1.29 is 14.7 Å². The monoisotopic (exact) mass is 259 g/mol. The Hall–Kier alpha value is -1.84. The lowest BCUT2D eigenvalue weighted by Gasteiger charge is -2.23. The van der Waals surface area contributed by atoms with Crippen LogP contribution in [0.3, 0.4) is 0 Å². The van der Waals surface area contributed by atoms with Gasteiger partial charge in [0.15, 0.2) is 0 Å². The number of para-hydroxylation sites is 1. The van der Waals surface area contributed by atoms with E-state index in [1.54, 1.807) is 4.90 Å². The minimum absolute atomic E-state index is 0.0227. The standard InChI is InChI=1S/C15H17NO3/c17-14(12-8-13(12)15(18)19)16(9-10-6-7-10)11-4-2-1-3-5-11/h1-5,10,12-13H,6-9H2,(H,18,19). The van der Waals surface area contributed by atoms with Crippen LogP contribution in [0.5, 0.6) is 0 Å². The van der Waals surface area contributed by atoms with E-state index in [1.807, 2.05) is 30.3 Å². The maximum Gasteiger partial charge on any atom is 0.307 e. The topological polar surface area (TPSA) is 57.6 Å². The predicted octanol–water partition coefficient (Wildman–Crippen LogP) is 2.15. The number of carboxylic acids is 1. The quantitative estimate of drug-likeness (QED) is 0.881. The van der Waals surface area contributed by atoms with Gasteiger partial charge in [0, 0.05) is 12.2 Å². The molecule has 1 amide bonds. The molecule has 4 heteroatoms. The van der Waals surface area contributed by atoms with Crippen LogP contribution < -0.4 is 4.90 Å². The van der Waals surface area contributed by atoms with Gasteiger partial charge in [-0.05, 0) is 37.3 Å². The second-order valence-electron chi connectivity index (χ2n) is 5.51. The summed E-state index contributed by atoms with van der Waals surface area (Å²) in [5.41, 5.74) is 0.885. The third-order valence-electron chi connectivity index (χ3n) is 3.90. The van der Waals surface area contributed by atoms with E-state index in [0.29, 0.717) is 12.3 Å². The van der Waals surface area contributed by atoms with Gasteiger partial charge in [0.25, 0.3) is 0 Å². The summed E-state index contributed by atoms with van der Waals surface area (Å²) in [7, 11) is 0. The third kappa shape index (κ3) is 2.62. The predicted molar refractivity (Wildman–Crippen MR) is 70.8 cm³/mol. The fourth-order valence-electron chi connectivity index (χ4n) is 2.43. The molecular weight excluding hydrogens is 242 g/mol. The molecule has 2 atom stereocenters. The minimum atomic E-state index is -0.849. The number of hydrogen-bond donors (Lipinski definition) is 1. The number of carbonyl (C=O) groups excluding carboxylic acids is 1. The van der Waals surface area contributed by atoms with Gasteiger partial charge in [0.1, 0.15) is 0 Å². The minimum Gasteiger partial charge on any atom is -0.481 e. The molecule has 2 unspecified atom stereocenters. The Morgan fingerprint density at radius 1 is 1.16 bits per heavy atom. The second-order valence-corrected chi connectivity index (χ2v) is 5.51. The second kappa shape index (κ2) is 4.68. The number of amides is 1. The summed E-state index contributed by atoms with van der Waals surface area (Å²) in [6.45, 7) is 0.728. The van der Waals surface area contributed by atoms with E-state index in [-0.39, 0.29) is 11.8 Å². The van der Waals surface area contributed by atoms with Gasteiger partial charge in [-0.1, -0.05) is 18.2 Å². The zero-order chi connectivity index (χ0) is 13.4. The Kier molecular flexibility index (Phi) is 3.01. The Morgan fingerprint density at radius 2 is 1.84 bits per heavy atom. The Balaban J connectivity index is 1.76. The molecular formula is C15H17NO3. The van der Waals surface area contributed by atoms with Crippen molar-refractivity contribution in [2.24, 2.45) is 17.8 Å². The fourth-order valence-corrected chi connectivity index (χ4v) is 2.43. The van der Waals surface area contributed by atoms with Crippen molar-refractivity contribution in [1.82, 2.24) is 0 Å². The normalized spacial score (nSPS) is 24.8. The SMILES string of the molecule is O=C(O)C1CC1C(=O)N(CC1CC1)c1ccccc1. The van der Waals surface area contributed by atoms with Crippen LogP contribution in [0, 0.1) is 17.8 Å². The van der Waals surface area contributed by atoms with E-state index in [0.717, 1.165) is 12.2 Å². The van der Waals surface area contributed by atoms with Gasteiger partial charge >= 0.3 is 5.97 Å². The first kappa shape index (κ1) is 12.2. The summed E-state index contributed by atoms with van der Waals surface area (Å²) in [5.74, 6) is -1.08. The molecule has 0 heterocycles. The summed E-state index contributed by atoms with van der Waals surface area (Å²) >= 11 is 0. The number of rotatable bonds is 5. The lowest BCUT2D eigenvalue weighted by atomic mass is 10.2. The van der Waals surface area contributed by atoms with Crippen molar-refractivity contribution in [3.8, 4) is 0 Å². The molecule has 2 aliphatic rings. The molecule has 0 spiro atoms. The lowest BCUT2D eigenvalue weighted by Crippen LogP contribution is -2.35. The molecule has 19 heavy (non-hydrogen) atoms. The van der Waals surface area contributed by atoms with E-state index in [1.165, 1.54) is 12.8 Å². The van der Waals surface area contributed by atoms with Crippen molar-refractivity contribution in [1.29, 1.82) is 0 Å². The van der Waals surface area contributed by atoms with Crippen LogP contribution in [0.2, 0.25) is 0 Å². The average molecular weight is 259 g/mol. The molecule has 3 rings (SSSR count). The molecule has 2 aliphatic carbocycles. The highest BCUT2D eigenvalue weighted by Crippen LogP contribution is 2.42. The maximum atomic E-state index is 12.4. The van der Waals surface area contributed by atoms with Crippen molar-refractivity contribution in [2.75, 3.05) is 11.4 Å². The van der Waals surface area contributed by atoms with Crippen LogP contribution in [-0.4, -0.2) is 23.5 Å². The van der Waals surface area contributed by atoms with E-state index in [4.69, 9.17) is 5.11 Å². The van der Waals surface area contributed by atoms with Crippen LogP contribution in [-0.2, 0) is 9.59 Å². The average Bonchev–Trinajstić information content (AvgIpc) is 3.28. The third-order valence-corrected chi connectivity index (χ3v) is 3.90. The summed E-state index contributed by atoms with van der Waals surface area (Å²) < 4.78 is 0. The number of anilines is 1. The molecule has 0 aliphatic heterocycles. The number of benzene rings is 1. The number of carbonyl (C=O) groups is 2. The molecule has 0 radical (unpaired) electrons. The van der Waals surface area contributed by atoms with E-state index < -0.39 is 11.9 Å². The highest BCUT2D eigenvalue weighted by molar-refractivity contribution is 6.00. The van der Waals surface area contributed by atoms with Crippen LogP contribution in [0.15, 0.2) is 30.3 Å². The van der Waals surface area contributed by atoms with E-state index in [2.05, 4.69) is 0 Å². The van der Waals surface area contributed by atoms with E-state index >= 15 is 0 Å².